The third-order valence-electron chi connectivity index (χ3n) is 5.91. The average Bonchev–Trinajstić information content (AvgIpc) is 3.48. The summed E-state index contributed by atoms with van der Waals surface area (Å²) in [6, 6.07) is 14.0. The number of amides is 1. The first kappa shape index (κ1) is 20.5. The summed E-state index contributed by atoms with van der Waals surface area (Å²) in [6.45, 7) is 3.75. The van der Waals surface area contributed by atoms with E-state index >= 15 is 0 Å². The van der Waals surface area contributed by atoms with E-state index in [4.69, 9.17) is 0 Å². The molecule has 30 heavy (non-hydrogen) atoms. The highest BCUT2D eigenvalue weighted by Gasteiger charge is 2.28. The summed E-state index contributed by atoms with van der Waals surface area (Å²) in [5, 5.41) is 18.8. The van der Waals surface area contributed by atoms with Gasteiger partial charge in [0, 0.05) is 0 Å². The van der Waals surface area contributed by atoms with E-state index in [0.29, 0.717) is 17.4 Å². The number of hydrogen-bond acceptors (Lipinski definition) is 4. The van der Waals surface area contributed by atoms with E-state index in [-0.39, 0.29) is 23.7 Å². The summed E-state index contributed by atoms with van der Waals surface area (Å²) >= 11 is 0. The van der Waals surface area contributed by atoms with Crippen LogP contribution in [0.25, 0.3) is 0 Å². The summed E-state index contributed by atoms with van der Waals surface area (Å²) in [5.41, 5.74) is 2.58. The number of carbonyl (C=O) groups excluding carboxylic acids is 1. The summed E-state index contributed by atoms with van der Waals surface area (Å²) in [6.07, 6.45) is 3.19. The van der Waals surface area contributed by atoms with Crippen LogP contribution < -0.4 is 16.0 Å². The van der Waals surface area contributed by atoms with E-state index in [1.807, 2.05) is 18.2 Å². The standard InChI is InChI=1S/C24H27FN4O/c1-15-9-22(27-13-15)24(30)29-21-11-19(7-8-20(21)25)23(28-14-16-5-6-16)18-4-2-3-17(10-18)12-26/h2-4,7-8,10-11,15-16,22-23,27-28H,5-6,9,13-14H2,1H3,(H,29,30)/t15-,22-,23-/m1/s1. The van der Waals surface area contributed by atoms with Crippen molar-refractivity contribution in [1.82, 2.24) is 10.6 Å². The van der Waals surface area contributed by atoms with Gasteiger partial charge in [0.1, 0.15) is 5.82 Å². The van der Waals surface area contributed by atoms with Gasteiger partial charge in [0.25, 0.3) is 0 Å². The van der Waals surface area contributed by atoms with Gasteiger partial charge in [-0.05, 0) is 79.6 Å². The van der Waals surface area contributed by atoms with Gasteiger partial charge in [0.05, 0.1) is 29.4 Å². The minimum absolute atomic E-state index is 0.181. The molecule has 1 aliphatic heterocycles. The van der Waals surface area contributed by atoms with E-state index in [2.05, 4.69) is 28.9 Å². The van der Waals surface area contributed by atoms with Crippen molar-refractivity contribution in [1.29, 1.82) is 5.26 Å². The molecule has 3 N–H and O–H groups in total. The number of nitrogens with one attached hydrogen (secondary N) is 3. The zero-order valence-electron chi connectivity index (χ0n) is 17.1. The Morgan fingerprint density at radius 1 is 1.27 bits per heavy atom. The highest BCUT2D eigenvalue weighted by atomic mass is 19.1. The summed E-state index contributed by atoms with van der Waals surface area (Å²) in [5.74, 6) is 0.441. The van der Waals surface area contributed by atoms with Crippen LogP contribution in [0.3, 0.4) is 0 Å². The normalized spacial score (nSPS) is 21.8. The zero-order chi connectivity index (χ0) is 21.1. The molecular weight excluding hydrogens is 379 g/mol. The second-order valence-corrected chi connectivity index (χ2v) is 8.55. The van der Waals surface area contributed by atoms with Gasteiger partial charge >= 0.3 is 0 Å². The lowest BCUT2D eigenvalue weighted by molar-refractivity contribution is -0.117. The fourth-order valence-corrected chi connectivity index (χ4v) is 3.97. The van der Waals surface area contributed by atoms with Gasteiger partial charge in [0.15, 0.2) is 0 Å². The molecule has 1 heterocycles. The maximum atomic E-state index is 14.5. The number of carbonyl (C=O) groups is 1. The lowest BCUT2D eigenvalue weighted by Gasteiger charge is -2.21. The fraction of sp³-hybridized carbons (Fsp3) is 0.417. The molecule has 1 saturated carbocycles. The summed E-state index contributed by atoms with van der Waals surface area (Å²) < 4.78 is 14.5. The van der Waals surface area contributed by atoms with Crippen LogP contribution in [-0.4, -0.2) is 25.0 Å². The molecule has 2 fully saturated rings. The molecule has 6 heteroatoms. The molecule has 4 rings (SSSR count). The van der Waals surface area contributed by atoms with Gasteiger partial charge < -0.3 is 16.0 Å². The number of nitriles is 1. The molecule has 0 bridgehead atoms. The van der Waals surface area contributed by atoms with Gasteiger partial charge in [-0.25, -0.2) is 4.39 Å². The maximum Gasteiger partial charge on any atom is 0.241 e. The Bertz CT molecular complexity index is 966. The topological polar surface area (TPSA) is 77.0 Å². The molecule has 3 atom stereocenters. The van der Waals surface area contributed by atoms with Gasteiger partial charge in [-0.2, -0.15) is 5.26 Å². The SMILES string of the molecule is C[C@H]1CN[C@@H](C(=O)Nc2cc([C@H](NCC3CC3)c3cccc(C#N)c3)ccc2F)C1. The van der Waals surface area contributed by atoms with Gasteiger partial charge in [-0.1, -0.05) is 25.1 Å². The Morgan fingerprint density at radius 3 is 2.77 bits per heavy atom. The summed E-state index contributed by atoms with van der Waals surface area (Å²) in [7, 11) is 0. The van der Waals surface area contributed by atoms with E-state index in [1.165, 1.54) is 18.9 Å². The van der Waals surface area contributed by atoms with Crippen molar-refractivity contribution in [3.05, 3.63) is 65.0 Å². The second kappa shape index (κ2) is 8.95. The quantitative estimate of drug-likeness (QED) is 0.655. The van der Waals surface area contributed by atoms with Crippen molar-refractivity contribution in [2.24, 2.45) is 11.8 Å². The minimum atomic E-state index is -0.454. The van der Waals surface area contributed by atoms with Crippen LogP contribution in [0.1, 0.15) is 48.9 Å². The number of halogens is 1. The molecule has 0 aromatic heterocycles. The molecule has 2 aliphatic rings. The second-order valence-electron chi connectivity index (χ2n) is 8.55. The predicted octanol–water partition coefficient (Wildman–Crippen LogP) is 3.72. The minimum Gasteiger partial charge on any atom is -0.322 e. The molecule has 0 spiro atoms. The molecule has 2 aromatic carbocycles. The molecule has 1 saturated heterocycles. The molecule has 0 radical (unpaired) electrons. The van der Waals surface area contributed by atoms with Crippen molar-refractivity contribution in [2.75, 3.05) is 18.4 Å². The van der Waals surface area contributed by atoms with Crippen molar-refractivity contribution in [2.45, 2.75) is 38.3 Å². The Kier molecular flexibility index (Phi) is 6.12. The number of anilines is 1. The monoisotopic (exact) mass is 406 g/mol. The largest absolute Gasteiger partial charge is 0.322 e. The first-order valence-electron chi connectivity index (χ1n) is 10.6. The van der Waals surface area contributed by atoms with Crippen LogP contribution in [0, 0.1) is 29.0 Å². The first-order valence-corrected chi connectivity index (χ1v) is 10.6. The van der Waals surface area contributed by atoms with Crippen LogP contribution in [0.15, 0.2) is 42.5 Å². The zero-order valence-corrected chi connectivity index (χ0v) is 17.1. The van der Waals surface area contributed by atoms with Gasteiger partial charge in [0.2, 0.25) is 5.91 Å². The molecular formula is C24H27FN4O. The van der Waals surface area contributed by atoms with Gasteiger partial charge in [-0.15, -0.1) is 0 Å². The van der Waals surface area contributed by atoms with E-state index < -0.39 is 5.82 Å². The maximum absolute atomic E-state index is 14.5. The Labute approximate surface area is 176 Å². The van der Waals surface area contributed by atoms with Crippen LogP contribution in [0.5, 0.6) is 0 Å². The molecule has 1 amide bonds. The average molecular weight is 407 g/mol. The lowest BCUT2D eigenvalue weighted by atomic mass is 9.96. The predicted molar refractivity (Wildman–Crippen MR) is 114 cm³/mol. The number of benzene rings is 2. The highest BCUT2D eigenvalue weighted by molar-refractivity contribution is 5.95. The van der Waals surface area contributed by atoms with E-state index in [9.17, 15) is 14.4 Å². The molecule has 1 aliphatic carbocycles. The van der Waals surface area contributed by atoms with Crippen molar-refractivity contribution < 1.29 is 9.18 Å². The molecule has 0 unspecified atom stereocenters. The Balaban J connectivity index is 1.59. The lowest BCUT2D eigenvalue weighted by Crippen LogP contribution is -2.35. The van der Waals surface area contributed by atoms with Crippen molar-refractivity contribution >= 4 is 11.6 Å². The smallest absolute Gasteiger partial charge is 0.241 e. The van der Waals surface area contributed by atoms with Gasteiger partial charge in [-0.3, -0.25) is 4.79 Å². The van der Waals surface area contributed by atoms with Crippen LogP contribution >= 0.6 is 0 Å². The first-order chi connectivity index (χ1) is 14.5. The van der Waals surface area contributed by atoms with Crippen molar-refractivity contribution in [3.8, 4) is 6.07 Å². The van der Waals surface area contributed by atoms with Crippen LogP contribution in [0.4, 0.5) is 10.1 Å². The number of nitrogens with zero attached hydrogens (tertiary/aromatic N) is 1. The summed E-state index contributed by atoms with van der Waals surface area (Å²) in [4.78, 5) is 12.6. The fourth-order valence-electron chi connectivity index (χ4n) is 3.97. The molecule has 156 valence electrons. The Morgan fingerprint density at radius 2 is 2.07 bits per heavy atom. The van der Waals surface area contributed by atoms with Crippen LogP contribution in [0.2, 0.25) is 0 Å². The Hall–Kier alpha value is -2.75. The van der Waals surface area contributed by atoms with E-state index in [0.717, 1.165) is 30.6 Å². The van der Waals surface area contributed by atoms with Crippen molar-refractivity contribution in [3.63, 3.8) is 0 Å². The number of hydrogen-bond donors (Lipinski definition) is 3. The third-order valence-corrected chi connectivity index (χ3v) is 5.91. The van der Waals surface area contributed by atoms with E-state index in [1.54, 1.807) is 18.2 Å². The molecule has 2 aromatic rings. The molecule has 5 nitrogen and oxygen atoms in total. The number of rotatable bonds is 7. The highest BCUT2D eigenvalue weighted by Crippen LogP contribution is 2.31. The third kappa shape index (κ3) is 4.86. The van der Waals surface area contributed by atoms with Crippen LogP contribution in [-0.2, 0) is 4.79 Å².